The Hall–Kier alpha value is -2.30. The van der Waals surface area contributed by atoms with Crippen LogP contribution in [0.1, 0.15) is 41.8 Å². The van der Waals surface area contributed by atoms with E-state index in [1.54, 1.807) is 0 Å². The molecule has 5 nitrogen and oxygen atoms in total. The second kappa shape index (κ2) is 7.30. The van der Waals surface area contributed by atoms with E-state index in [-0.39, 0.29) is 5.91 Å². The van der Waals surface area contributed by atoms with Crippen LogP contribution in [0.5, 0.6) is 5.75 Å². The minimum Gasteiger partial charge on any atom is -0.493 e. The Morgan fingerprint density at radius 2 is 2.16 bits per heavy atom. The maximum atomic E-state index is 12.2. The summed E-state index contributed by atoms with van der Waals surface area (Å²) in [7, 11) is 0. The van der Waals surface area contributed by atoms with E-state index in [0.717, 1.165) is 37.1 Å². The molecule has 2 N–H and O–H groups in total. The molecule has 1 aromatic heterocycles. The van der Waals surface area contributed by atoms with Crippen LogP contribution in [0.3, 0.4) is 0 Å². The van der Waals surface area contributed by atoms with Crippen LogP contribution in [0.2, 0.25) is 0 Å². The number of aromatic amines is 1. The van der Waals surface area contributed by atoms with Crippen molar-refractivity contribution >= 4 is 5.91 Å². The fourth-order valence-electron chi connectivity index (χ4n) is 3.86. The molecule has 1 aromatic carbocycles. The van der Waals surface area contributed by atoms with E-state index in [9.17, 15) is 4.79 Å². The first-order valence-electron chi connectivity index (χ1n) is 9.32. The van der Waals surface area contributed by atoms with Gasteiger partial charge in [0.1, 0.15) is 5.75 Å². The third kappa shape index (κ3) is 3.70. The van der Waals surface area contributed by atoms with Gasteiger partial charge in [-0.25, -0.2) is 0 Å². The van der Waals surface area contributed by atoms with Crippen molar-refractivity contribution in [1.82, 2.24) is 15.5 Å². The molecule has 0 saturated heterocycles. The number of rotatable bonds is 5. The van der Waals surface area contributed by atoms with Gasteiger partial charge in [0, 0.05) is 31.0 Å². The van der Waals surface area contributed by atoms with Crippen LogP contribution in [0.15, 0.2) is 24.3 Å². The summed E-state index contributed by atoms with van der Waals surface area (Å²) in [6, 6.07) is 8.14. The van der Waals surface area contributed by atoms with E-state index in [2.05, 4.69) is 21.6 Å². The topological polar surface area (TPSA) is 67.0 Å². The summed E-state index contributed by atoms with van der Waals surface area (Å²) in [5.74, 6) is 1.43. The lowest BCUT2D eigenvalue weighted by Crippen LogP contribution is -2.34. The standard InChI is InChI=1S/C20H25N3O2/c24-20(10-9-18-16-6-2-3-7-17(16)22-23-18)21-12-14-11-15-5-1-4-8-19(15)25-13-14/h1,4-5,8,14H,2-3,6-7,9-13H2,(H,21,24)(H,22,23)/t14-/m0/s1. The lowest BCUT2D eigenvalue weighted by molar-refractivity contribution is -0.121. The number of aromatic nitrogens is 2. The number of nitrogens with one attached hydrogen (secondary N) is 2. The van der Waals surface area contributed by atoms with Gasteiger partial charge in [-0.15, -0.1) is 0 Å². The largest absolute Gasteiger partial charge is 0.493 e. The van der Waals surface area contributed by atoms with Crippen LogP contribution in [-0.4, -0.2) is 29.3 Å². The zero-order valence-electron chi connectivity index (χ0n) is 14.5. The van der Waals surface area contributed by atoms with Crippen LogP contribution >= 0.6 is 0 Å². The molecule has 1 aliphatic carbocycles. The fourth-order valence-corrected chi connectivity index (χ4v) is 3.86. The second-order valence-electron chi connectivity index (χ2n) is 7.13. The van der Waals surface area contributed by atoms with Gasteiger partial charge in [0.25, 0.3) is 0 Å². The number of ether oxygens (including phenoxy) is 1. The van der Waals surface area contributed by atoms with Crippen LogP contribution in [-0.2, 0) is 30.5 Å². The van der Waals surface area contributed by atoms with Gasteiger partial charge in [-0.1, -0.05) is 18.2 Å². The first-order chi connectivity index (χ1) is 12.3. The normalized spacial score (nSPS) is 18.8. The molecule has 2 aliphatic rings. The Kier molecular flexibility index (Phi) is 4.72. The average molecular weight is 339 g/mol. The number of hydrogen-bond donors (Lipinski definition) is 2. The Balaban J connectivity index is 1.24. The first kappa shape index (κ1) is 16.2. The molecule has 0 bridgehead atoms. The number of amides is 1. The van der Waals surface area contributed by atoms with Gasteiger partial charge in [-0.05, 0) is 49.3 Å². The van der Waals surface area contributed by atoms with Crippen molar-refractivity contribution in [3.8, 4) is 5.75 Å². The molecule has 2 heterocycles. The molecule has 2 aromatic rings. The van der Waals surface area contributed by atoms with E-state index < -0.39 is 0 Å². The molecule has 1 atom stereocenters. The number of carbonyl (C=O) groups excluding carboxylic acids is 1. The molecule has 0 radical (unpaired) electrons. The summed E-state index contributed by atoms with van der Waals surface area (Å²) in [5, 5.41) is 10.6. The van der Waals surface area contributed by atoms with E-state index >= 15 is 0 Å². The number of H-pyrrole nitrogens is 1. The number of hydrogen-bond acceptors (Lipinski definition) is 3. The van der Waals surface area contributed by atoms with Crippen LogP contribution in [0.4, 0.5) is 0 Å². The third-order valence-electron chi connectivity index (χ3n) is 5.27. The van der Waals surface area contributed by atoms with Crippen molar-refractivity contribution in [2.24, 2.45) is 5.92 Å². The van der Waals surface area contributed by atoms with Crippen molar-refractivity contribution in [2.75, 3.05) is 13.2 Å². The van der Waals surface area contributed by atoms with Crippen molar-refractivity contribution in [3.05, 3.63) is 46.8 Å². The first-order valence-corrected chi connectivity index (χ1v) is 9.32. The summed E-state index contributed by atoms with van der Waals surface area (Å²) < 4.78 is 5.78. The van der Waals surface area contributed by atoms with Gasteiger partial charge in [-0.3, -0.25) is 9.89 Å². The Morgan fingerprint density at radius 1 is 1.28 bits per heavy atom. The number of nitrogens with zero attached hydrogens (tertiary/aromatic N) is 1. The molecule has 5 heteroatoms. The van der Waals surface area contributed by atoms with Gasteiger partial charge < -0.3 is 10.1 Å². The molecule has 0 saturated carbocycles. The third-order valence-corrected chi connectivity index (χ3v) is 5.27. The highest BCUT2D eigenvalue weighted by atomic mass is 16.5. The van der Waals surface area contributed by atoms with Gasteiger partial charge in [0.05, 0.1) is 12.3 Å². The number of carbonyl (C=O) groups is 1. The molecule has 4 rings (SSSR count). The predicted octanol–water partition coefficient (Wildman–Crippen LogP) is 2.59. The summed E-state index contributed by atoms with van der Waals surface area (Å²) in [6.07, 6.45) is 6.85. The number of aryl methyl sites for hydroxylation is 2. The van der Waals surface area contributed by atoms with E-state index in [1.165, 1.54) is 29.7 Å². The minimum absolute atomic E-state index is 0.103. The molecule has 1 amide bonds. The number of fused-ring (bicyclic) bond motifs is 2. The van der Waals surface area contributed by atoms with Crippen molar-refractivity contribution in [2.45, 2.75) is 44.9 Å². The van der Waals surface area contributed by atoms with Crippen LogP contribution in [0, 0.1) is 5.92 Å². The molecule has 0 fully saturated rings. The second-order valence-corrected chi connectivity index (χ2v) is 7.13. The summed E-state index contributed by atoms with van der Waals surface area (Å²) in [5.41, 5.74) is 4.95. The van der Waals surface area contributed by atoms with Crippen molar-refractivity contribution < 1.29 is 9.53 Å². The Bertz CT molecular complexity index is 753. The maximum absolute atomic E-state index is 12.2. The number of para-hydroxylation sites is 1. The molecule has 1 aliphatic heterocycles. The van der Waals surface area contributed by atoms with Crippen LogP contribution in [0.25, 0.3) is 0 Å². The quantitative estimate of drug-likeness (QED) is 0.880. The van der Waals surface area contributed by atoms with E-state index in [1.807, 2.05) is 18.2 Å². The van der Waals surface area contributed by atoms with Gasteiger partial charge in [0.15, 0.2) is 0 Å². The predicted molar refractivity (Wildman–Crippen MR) is 95.7 cm³/mol. The lowest BCUT2D eigenvalue weighted by atomic mass is 9.94. The lowest BCUT2D eigenvalue weighted by Gasteiger charge is -2.25. The van der Waals surface area contributed by atoms with E-state index in [0.29, 0.717) is 25.5 Å². The maximum Gasteiger partial charge on any atom is 0.220 e. The molecule has 0 unspecified atom stereocenters. The highest BCUT2D eigenvalue weighted by molar-refractivity contribution is 5.76. The van der Waals surface area contributed by atoms with Crippen molar-refractivity contribution in [3.63, 3.8) is 0 Å². The van der Waals surface area contributed by atoms with E-state index in [4.69, 9.17) is 4.74 Å². The molecule has 0 spiro atoms. The smallest absolute Gasteiger partial charge is 0.220 e. The molecular weight excluding hydrogens is 314 g/mol. The Labute approximate surface area is 148 Å². The number of benzene rings is 1. The molecule has 25 heavy (non-hydrogen) atoms. The zero-order valence-corrected chi connectivity index (χ0v) is 14.5. The van der Waals surface area contributed by atoms with Gasteiger partial charge in [-0.2, -0.15) is 5.10 Å². The highest BCUT2D eigenvalue weighted by Gasteiger charge is 2.21. The SMILES string of the molecule is O=C(CCc1n[nH]c2c1CCCC2)NC[C@H]1COc2ccccc2C1. The zero-order chi connectivity index (χ0) is 17.1. The average Bonchev–Trinajstić information content (AvgIpc) is 3.08. The van der Waals surface area contributed by atoms with Crippen LogP contribution < -0.4 is 10.1 Å². The summed E-state index contributed by atoms with van der Waals surface area (Å²) in [6.45, 7) is 1.34. The molecular formula is C20H25N3O2. The fraction of sp³-hybridized carbons (Fsp3) is 0.500. The molecule has 132 valence electrons. The summed E-state index contributed by atoms with van der Waals surface area (Å²) in [4.78, 5) is 12.2. The van der Waals surface area contributed by atoms with Crippen molar-refractivity contribution in [1.29, 1.82) is 0 Å². The monoisotopic (exact) mass is 339 g/mol. The van der Waals surface area contributed by atoms with Gasteiger partial charge >= 0.3 is 0 Å². The van der Waals surface area contributed by atoms with Gasteiger partial charge in [0.2, 0.25) is 5.91 Å². The highest BCUT2D eigenvalue weighted by Crippen LogP contribution is 2.26. The minimum atomic E-state index is 0.103. The Morgan fingerprint density at radius 3 is 3.12 bits per heavy atom. The summed E-state index contributed by atoms with van der Waals surface area (Å²) >= 11 is 0.